The molecule has 0 atom stereocenters. The van der Waals surface area contributed by atoms with Crippen LogP contribution in [0.5, 0.6) is 0 Å². The van der Waals surface area contributed by atoms with Crippen molar-refractivity contribution in [1.82, 2.24) is 5.43 Å². The summed E-state index contributed by atoms with van der Waals surface area (Å²) in [7, 11) is 0. The van der Waals surface area contributed by atoms with Crippen LogP contribution in [0.25, 0.3) is 0 Å². The number of amides is 2. The van der Waals surface area contributed by atoms with Crippen LogP contribution in [0.4, 0.5) is 10.1 Å². The highest BCUT2D eigenvalue weighted by molar-refractivity contribution is 6.30. The number of hydrazone groups is 1. The lowest BCUT2D eigenvalue weighted by molar-refractivity contribution is -0.124. The van der Waals surface area contributed by atoms with Crippen molar-refractivity contribution >= 4 is 34.8 Å². The van der Waals surface area contributed by atoms with E-state index in [-0.39, 0.29) is 30.5 Å². The molecule has 2 rings (SSSR count). The Hall–Kier alpha value is -2.73. The van der Waals surface area contributed by atoms with E-state index in [1.54, 1.807) is 37.3 Å². The number of hydrogen-bond donors (Lipinski definition) is 2. The quantitative estimate of drug-likeness (QED) is 0.590. The van der Waals surface area contributed by atoms with Gasteiger partial charge in [-0.25, -0.2) is 9.82 Å². The van der Waals surface area contributed by atoms with Crippen molar-refractivity contribution in [3.8, 4) is 0 Å². The Balaban J connectivity index is 1.81. The van der Waals surface area contributed by atoms with E-state index >= 15 is 0 Å². The van der Waals surface area contributed by atoms with E-state index in [9.17, 15) is 14.0 Å². The van der Waals surface area contributed by atoms with E-state index in [1.807, 2.05) is 6.92 Å². The number of nitrogens with zero attached hydrogens (tertiary/aromatic N) is 1. The van der Waals surface area contributed by atoms with Crippen LogP contribution in [0.2, 0.25) is 5.02 Å². The van der Waals surface area contributed by atoms with Crippen LogP contribution >= 0.6 is 11.6 Å². The molecule has 26 heavy (non-hydrogen) atoms. The van der Waals surface area contributed by atoms with E-state index in [4.69, 9.17) is 11.6 Å². The molecule has 0 aliphatic rings. The lowest BCUT2D eigenvalue weighted by Gasteiger charge is -2.08. The van der Waals surface area contributed by atoms with Gasteiger partial charge >= 0.3 is 0 Å². The van der Waals surface area contributed by atoms with Gasteiger partial charge in [0.15, 0.2) is 0 Å². The molecule has 0 saturated heterocycles. The number of rotatable bonds is 6. The van der Waals surface area contributed by atoms with Crippen LogP contribution in [0, 0.1) is 12.7 Å². The first-order valence-corrected chi connectivity index (χ1v) is 8.38. The number of anilines is 1. The van der Waals surface area contributed by atoms with Crippen LogP contribution in [0.15, 0.2) is 47.6 Å². The van der Waals surface area contributed by atoms with E-state index in [0.29, 0.717) is 22.0 Å². The fourth-order valence-electron chi connectivity index (χ4n) is 2.16. The zero-order valence-electron chi connectivity index (χ0n) is 14.5. The highest BCUT2D eigenvalue weighted by Crippen LogP contribution is 2.19. The van der Waals surface area contributed by atoms with E-state index in [0.717, 1.165) is 5.56 Å². The summed E-state index contributed by atoms with van der Waals surface area (Å²) in [6, 6.07) is 10.9. The van der Waals surface area contributed by atoms with Gasteiger partial charge in [-0.15, -0.1) is 0 Å². The fraction of sp³-hybridized carbons (Fsp3) is 0.211. The summed E-state index contributed by atoms with van der Waals surface area (Å²) >= 11 is 5.87. The third-order valence-corrected chi connectivity index (χ3v) is 3.89. The van der Waals surface area contributed by atoms with Crippen molar-refractivity contribution in [1.29, 1.82) is 0 Å². The highest BCUT2D eigenvalue weighted by Gasteiger charge is 2.09. The Kier molecular flexibility index (Phi) is 6.86. The van der Waals surface area contributed by atoms with Crippen molar-refractivity contribution < 1.29 is 14.0 Å². The summed E-state index contributed by atoms with van der Waals surface area (Å²) in [6.45, 7) is 3.53. The molecule has 2 amide bonds. The summed E-state index contributed by atoms with van der Waals surface area (Å²) < 4.78 is 12.9. The van der Waals surface area contributed by atoms with Gasteiger partial charge in [-0.1, -0.05) is 23.7 Å². The second kappa shape index (κ2) is 9.10. The van der Waals surface area contributed by atoms with Gasteiger partial charge < -0.3 is 5.32 Å². The Morgan fingerprint density at radius 2 is 1.73 bits per heavy atom. The molecule has 0 aromatic heterocycles. The monoisotopic (exact) mass is 375 g/mol. The van der Waals surface area contributed by atoms with Crippen molar-refractivity contribution in [2.45, 2.75) is 26.7 Å². The van der Waals surface area contributed by atoms with E-state index in [2.05, 4.69) is 15.8 Å². The van der Waals surface area contributed by atoms with Crippen LogP contribution in [-0.2, 0) is 9.59 Å². The molecule has 0 aliphatic heterocycles. The average Bonchev–Trinajstić information content (AvgIpc) is 2.61. The number of halogens is 2. The standard InChI is InChI=1S/C19H19ClFN3O2/c1-12-11-15(20)5-8-17(12)22-18(25)9-10-19(26)24-23-13(2)14-3-6-16(21)7-4-14/h3-8,11H,9-10H2,1-2H3,(H,22,25)(H,24,26). The minimum absolute atomic E-state index is 0.00132. The Morgan fingerprint density at radius 3 is 2.38 bits per heavy atom. The Bertz CT molecular complexity index is 835. The largest absolute Gasteiger partial charge is 0.326 e. The second-order valence-electron chi connectivity index (χ2n) is 5.75. The van der Waals surface area contributed by atoms with Gasteiger partial charge in [0.1, 0.15) is 5.82 Å². The summed E-state index contributed by atoms with van der Waals surface area (Å²) in [4.78, 5) is 23.8. The number of carbonyl (C=O) groups excluding carboxylic acids is 2. The molecule has 0 unspecified atom stereocenters. The maximum atomic E-state index is 12.9. The fourth-order valence-corrected chi connectivity index (χ4v) is 2.39. The van der Waals surface area contributed by atoms with Gasteiger partial charge in [0.25, 0.3) is 0 Å². The zero-order valence-corrected chi connectivity index (χ0v) is 15.2. The van der Waals surface area contributed by atoms with Crippen LogP contribution in [0.3, 0.4) is 0 Å². The third-order valence-electron chi connectivity index (χ3n) is 3.65. The maximum absolute atomic E-state index is 12.9. The van der Waals surface area contributed by atoms with E-state index in [1.165, 1.54) is 12.1 Å². The highest BCUT2D eigenvalue weighted by atomic mass is 35.5. The molecule has 7 heteroatoms. The topological polar surface area (TPSA) is 70.6 Å². The maximum Gasteiger partial charge on any atom is 0.240 e. The summed E-state index contributed by atoms with van der Waals surface area (Å²) in [5, 5.41) is 7.29. The molecular weight excluding hydrogens is 357 g/mol. The van der Waals surface area contributed by atoms with Crippen LogP contribution in [0.1, 0.15) is 30.9 Å². The number of carbonyl (C=O) groups is 2. The van der Waals surface area contributed by atoms with Gasteiger partial charge in [-0.05, 0) is 55.3 Å². The third kappa shape index (κ3) is 5.97. The number of nitrogens with one attached hydrogen (secondary N) is 2. The average molecular weight is 376 g/mol. The smallest absolute Gasteiger partial charge is 0.240 e. The van der Waals surface area contributed by atoms with Crippen LogP contribution < -0.4 is 10.7 Å². The predicted octanol–water partition coefficient (Wildman–Crippen LogP) is 4.05. The van der Waals surface area contributed by atoms with Crippen molar-refractivity contribution in [2.24, 2.45) is 5.10 Å². The van der Waals surface area contributed by atoms with Gasteiger partial charge in [0.2, 0.25) is 11.8 Å². The summed E-state index contributed by atoms with van der Waals surface area (Å²) in [5.74, 6) is -0.994. The lowest BCUT2D eigenvalue weighted by Crippen LogP contribution is -2.22. The molecular formula is C19H19ClFN3O2. The molecule has 2 aromatic carbocycles. The first-order valence-electron chi connectivity index (χ1n) is 8.00. The molecule has 136 valence electrons. The minimum atomic E-state index is -0.380. The summed E-state index contributed by atoms with van der Waals surface area (Å²) in [6.07, 6.45) is 0.0255. The molecule has 2 aromatic rings. The van der Waals surface area contributed by atoms with Gasteiger partial charge in [-0.3, -0.25) is 9.59 Å². The lowest BCUT2D eigenvalue weighted by atomic mass is 10.1. The Labute approximate surface area is 156 Å². The normalized spacial score (nSPS) is 11.2. The summed E-state index contributed by atoms with van der Waals surface area (Å²) in [5.41, 5.74) is 5.13. The molecule has 0 spiro atoms. The van der Waals surface area contributed by atoms with E-state index < -0.39 is 0 Å². The van der Waals surface area contributed by atoms with Crippen molar-refractivity contribution in [3.63, 3.8) is 0 Å². The molecule has 5 nitrogen and oxygen atoms in total. The molecule has 0 radical (unpaired) electrons. The first-order chi connectivity index (χ1) is 12.3. The zero-order chi connectivity index (χ0) is 19.1. The van der Waals surface area contributed by atoms with Gasteiger partial charge in [0, 0.05) is 23.6 Å². The van der Waals surface area contributed by atoms with Crippen LogP contribution in [-0.4, -0.2) is 17.5 Å². The number of hydrogen-bond acceptors (Lipinski definition) is 3. The first kappa shape index (κ1) is 19.6. The predicted molar refractivity (Wildman–Crippen MR) is 101 cm³/mol. The molecule has 0 heterocycles. The second-order valence-corrected chi connectivity index (χ2v) is 6.18. The van der Waals surface area contributed by atoms with Crippen molar-refractivity contribution in [3.05, 3.63) is 64.4 Å². The molecule has 0 fully saturated rings. The number of aryl methyl sites for hydroxylation is 1. The molecule has 0 bridgehead atoms. The molecule has 0 saturated carbocycles. The minimum Gasteiger partial charge on any atom is -0.326 e. The number of benzene rings is 2. The van der Waals surface area contributed by atoms with Gasteiger partial charge in [-0.2, -0.15) is 5.10 Å². The van der Waals surface area contributed by atoms with Gasteiger partial charge in [0.05, 0.1) is 5.71 Å². The SMILES string of the molecule is CC(=NNC(=O)CCC(=O)Nc1ccc(Cl)cc1C)c1ccc(F)cc1. The Morgan fingerprint density at radius 1 is 1.08 bits per heavy atom. The molecule has 2 N–H and O–H groups in total. The molecule has 0 aliphatic carbocycles. The van der Waals surface area contributed by atoms with Crippen molar-refractivity contribution in [2.75, 3.05) is 5.32 Å².